The van der Waals surface area contributed by atoms with Crippen molar-refractivity contribution in [1.29, 1.82) is 0 Å². The van der Waals surface area contributed by atoms with Gasteiger partial charge in [-0.05, 0) is 0 Å². The van der Waals surface area contributed by atoms with Crippen LogP contribution in [-0.2, 0) is 53.1 Å². The van der Waals surface area contributed by atoms with Gasteiger partial charge in [0, 0.05) is 0 Å². The summed E-state index contributed by atoms with van der Waals surface area (Å²) in [6, 6.07) is 0. The second kappa shape index (κ2) is 20.8. The van der Waals surface area contributed by atoms with Gasteiger partial charge in [-0.15, -0.1) is 0 Å². The van der Waals surface area contributed by atoms with Crippen LogP contribution in [0.2, 0.25) is 210 Å². The van der Waals surface area contributed by atoms with E-state index in [1.54, 1.807) is 0 Å². The third kappa shape index (κ3) is 7.23. The molecule has 540 valence electrons. The van der Waals surface area contributed by atoms with Crippen LogP contribution in [0.4, 0.5) is 0 Å². The first-order valence-corrected chi connectivity index (χ1v) is 112. The Hall–Kier alpha value is 3.70. The molecule has 0 aromatic heterocycles. The van der Waals surface area contributed by atoms with Crippen molar-refractivity contribution in [3.8, 4) is 0 Å². The molecule has 12 aliphatic rings. The van der Waals surface area contributed by atoms with E-state index in [0.29, 0.717) is 0 Å². The molecule has 0 aromatic carbocycles. The quantitative estimate of drug-likeness (QED) is 0.122. The monoisotopic (exact) mass is 1620 g/mol. The predicted molar refractivity (Wildman–Crippen MR) is 434 cm³/mol. The molecule has 12 aliphatic heterocycles. The fraction of sp³-hybridized carbons (Fsp3) is 1.00. The molecule has 0 bridgehead atoms. The summed E-state index contributed by atoms with van der Waals surface area (Å²) in [5.41, 5.74) is 0. The third-order valence-electron chi connectivity index (χ3n) is 32.2. The van der Waals surface area contributed by atoms with Crippen molar-refractivity contribution in [3.05, 3.63) is 0 Å². The fourth-order valence-electron chi connectivity index (χ4n) is 34.3. The molecule has 92 heavy (non-hydrogen) atoms. The molecule has 0 amide bonds. The van der Waals surface area contributed by atoms with Gasteiger partial charge in [0.15, 0.2) is 0 Å². The van der Waals surface area contributed by atoms with Gasteiger partial charge >= 0.3 is 582 Å². The molecule has 0 unspecified atom stereocenters. The van der Waals surface area contributed by atoms with Crippen LogP contribution in [-0.4, -0.2) is 319 Å². The van der Waals surface area contributed by atoms with Crippen molar-refractivity contribution in [2.75, 3.05) is 158 Å². The molecular weight excluding hydrogens is 1480 g/mol. The van der Waals surface area contributed by atoms with Crippen molar-refractivity contribution in [3.63, 3.8) is 0 Å². The van der Waals surface area contributed by atoms with Gasteiger partial charge < -0.3 is 0 Å². The summed E-state index contributed by atoms with van der Waals surface area (Å²) in [6.45, 7) is 114. The van der Waals surface area contributed by atoms with Crippen molar-refractivity contribution in [1.82, 2.24) is 0 Å². The predicted octanol–water partition coefficient (Wildman–Crippen LogP) is 9.91. The molecule has 0 aromatic rings. The van der Waals surface area contributed by atoms with Gasteiger partial charge in [-0.3, -0.25) is 0 Å². The van der Waals surface area contributed by atoms with Gasteiger partial charge in [0.25, 0.3) is 0 Å². The molecular formula is C56H144N4O12Si20. The number of nitrogens with zero attached hydrogens (tertiary/aromatic N) is 4. The molecule has 12 heterocycles. The van der Waals surface area contributed by atoms with Gasteiger partial charge in [0.1, 0.15) is 0 Å². The minimum atomic E-state index is -3.92. The van der Waals surface area contributed by atoms with Gasteiger partial charge in [0.05, 0.1) is 0 Å². The Balaban J connectivity index is 0.000000188. The first kappa shape index (κ1) is 76.8. The van der Waals surface area contributed by atoms with E-state index in [1.807, 2.05) is 0 Å². The van der Waals surface area contributed by atoms with Gasteiger partial charge in [-0.1, -0.05) is 0 Å². The number of hydrogen-bond acceptors (Lipinski definition) is 12. The molecule has 16 nitrogen and oxygen atoms in total. The van der Waals surface area contributed by atoms with Gasteiger partial charge in [0.2, 0.25) is 0 Å². The maximum atomic E-state index is 7.77. The van der Waals surface area contributed by atoms with Crippen molar-refractivity contribution >= 4 is 145 Å². The fourth-order valence-corrected chi connectivity index (χ4v) is 939. The third-order valence-corrected chi connectivity index (χ3v) is 550. The Bertz CT molecular complexity index is 2420. The van der Waals surface area contributed by atoms with E-state index in [1.165, 1.54) is 0 Å². The average molecular weight is 1630 g/mol. The van der Waals surface area contributed by atoms with Crippen LogP contribution in [0.5, 0.6) is 0 Å². The Morgan fingerprint density at radius 1 is 0.163 bits per heavy atom. The summed E-state index contributed by atoms with van der Waals surface area (Å²) >= 11 is 0. The zero-order valence-electron chi connectivity index (χ0n) is 65.7. The SMILES string of the molecule is C[Si](C)(C)[Si]([Si](C)(C)C)([Si](C)(C)[Si](C)(C)[Si]([Si](C)(C)C)([Si](C)(C)C)[Si-]123OCC[N+]1(CCO2)CCO3)[Si-]123OCC[N+]1(CCO2)CCO3.C[Si](C)(C)[Si]([Si](C)(C)C)([Si](C)(C)[Si](C)(C)[Si]([Si](C)(C)C)([Si](C)(C)C)[Si-]123OCC[N+]1(CCO2)CCO3)[Si-]123OCC[N+]1(CCO2)CCO3. The Morgan fingerprint density at radius 2 is 0.250 bits per heavy atom. The summed E-state index contributed by atoms with van der Waals surface area (Å²) in [6.07, 6.45) is -9.95. The average Bonchev–Trinajstić information content (AvgIpc) is 1.29. The van der Waals surface area contributed by atoms with E-state index in [9.17, 15) is 0 Å². The zero-order chi connectivity index (χ0) is 69.2. The first-order valence-electron chi connectivity index (χ1n) is 37.1. The van der Waals surface area contributed by atoms with Crippen LogP contribution in [0.1, 0.15) is 0 Å². The molecule has 0 N–H and O–H groups in total. The molecule has 0 saturated carbocycles. The van der Waals surface area contributed by atoms with Crippen molar-refractivity contribution in [2.45, 2.75) is 210 Å². The molecule has 12 fully saturated rings. The van der Waals surface area contributed by atoms with E-state index in [-0.39, 0.29) is 0 Å². The maximum absolute atomic E-state index is 7.77. The Labute approximate surface area is 576 Å². The first-order chi connectivity index (χ1) is 41.3. The normalized spacial score (nSPS) is 35.8. The second-order valence-electron chi connectivity index (χ2n) is 42.7. The van der Waals surface area contributed by atoms with Crippen LogP contribution in [0.3, 0.4) is 0 Å². The summed E-state index contributed by atoms with van der Waals surface area (Å²) in [7, 11) is -40.7. The zero-order valence-corrected chi connectivity index (χ0v) is 85.7. The van der Waals surface area contributed by atoms with E-state index in [0.717, 1.165) is 174 Å². The summed E-state index contributed by atoms with van der Waals surface area (Å²) in [5.74, 6) is 0. The van der Waals surface area contributed by atoms with E-state index >= 15 is 0 Å². The standard InChI is InChI=1S/2C28H72N2O6Si10/c2*1-37(2,3)43(38(4,5)6,45-29(17-23-31-45,18-24-32-45)19-25-33-45)41(13,14)42(15,16)44(39(7,8)9,40(10,11)12)46-30(20-26-34-46,21-27-35-46)22-28-36-46/h2*17-28H2,1-16H3. The summed E-state index contributed by atoms with van der Waals surface area (Å²) in [4.78, 5) is 0. The van der Waals surface area contributed by atoms with Crippen molar-refractivity contribution < 1.29 is 69.7 Å². The molecule has 12 rings (SSSR count). The number of hydrogen-bond donors (Lipinski definition) is 0. The Morgan fingerprint density at radius 3 is 0.326 bits per heavy atom. The van der Waals surface area contributed by atoms with E-state index < -0.39 is 145 Å². The molecule has 12 saturated heterocycles. The molecule has 0 atom stereocenters. The Kier molecular flexibility index (Phi) is 17.4. The van der Waals surface area contributed by atoms with Crippen LogP contribution in [0, 0.1) is 0 Å². The molecule has 36 heteroatoms. The van der Waals surface area contributed by atoms with Crippen molar-refractivity contribution in [2.24, 2.45) is 0 Å². The summed E-state index contributed by atoms with van der Waals surface area (Å²) in [5, 5.41) is 0. The van der Waals surface area contributed by atoms with E-state index in [4.69, 9.17) is 53.1 Å². The number of rotatable bonds is 18. The second-order valence-corrected chi connectivity index (χ2v) is 267. The van der Waals surface area contributed by atoms with Crippen LogP contribution in [0.25, 0.3) is 0 Å². The molecule has 0 radical (unpaired) electrons. The minimum absolute atomic E-state index is 0.838. The number of quaternary nitrogens is 4. The topological polar surface area (TPSA) is 111 Å². The van der Waals surface area contributed by atoms with Crippen LogP contribution >= 0.6 is 0 Å². The van der Waals surface area contributed by atoms with Gasteiger partial charge in [-0.25, -0.2) is 0 Å². The van der Waals surface area contributed by atoms with Crippen LogP contribution in [0.15, 0.2) is 0 Å². The van der Waals surface area contributed by atoms with E-state index in [2.05, 4.69) is 210 Å². The molecule has 0 spiro atoms. The summed E-state index contributed by atoms with van der Waals surface area (Å²) < 4.78 is 97.6. The van der Waals surface area contributed by atoms with Gasteiger partial charge in [-0.2, -0.15) is 0 Å². The molecule has 0 aliphatic carbocycles. The van der Waals surface area contributed by atoms with Crippen LogP contribution < -0.4 is 0 Å².